The maximum Gasteiger partial charge on any atom is 0.0460 e. The first-order valence-electron chi connectivity index (χ1n) is 6.28. The second kappa shape index (κ2) is 5.53. The van der Waals surface area contributed by atoms with Crippen molar-refractivity contribution in [3.63, 3.8) is 0 Å². The lowest BCUT2D eigenvalue weighted by Crippen LogP contribution is -2.40. The molecule has 0 aromatic rings. The van der Waals surface area contributed by atoms with Crippen LogP contribution in [-0.4, -0.2) is 42.5 Å². The Kier molecular flexibility index (Phi) is 4.60. The van der Waals surface area contributed by atoms with Gasteiger partial charge in [-0.1, -0.05) is 19.6 Å². The van der Waals surface area contributed by atoms with Crippen LogP contribution in [0.25, 0.3) is 0 Å². The van der Waals surface area contributed by atoms with Crippen molar-refractivity contribution in [1.82, 2.24) is 9.80 Å². The fraction of sp³-hybridized carbons (Fsp3) is 0.714. The van der Waals surface area contributed by atoms with Crippen LogP contribution in [0, 0.1) is 0 Å². The van der Waals surface area contributed by atoms with Gasteiger partial charge in [0.1, 0.15) is 0 Å². The Morgan fingerprint density at radius 1 is 1.50 bits per heavy atom. The molecule has 0 bridgehead atoms. The highest BCUT2D eigenvalue weighted by Gasteiger charge is 2.32. The van der Waals surface area contributed by atoms with E-state index in [9.17, 15) is 0 Å². The van der Waals surface area contributed by atoms with Crippen LogP contribution in [-0.2, 0) is 0 Å². The number of rotatable bonds is 4. The van der Waals surface area contributed by atoms with E-state index in [1.807, 2.05) is 0 Å². The zero-order chi connectivity index (χ0) is 12.3. The topological polar surface area (TPSA) is 6.48 Å². The summed E-state index contributed by atoms with van der Waals surface area (Å²) in [5, 5.41) is 0. The molecular weight excluding hydrogens is 196 g/mol. The molecule has 2 heteroatoms. The van der Waals surface area contributed by atoms with E-state index in [2.05, 4.69) is 57.3 Å². The Morgan fingerprint density at radius 2 is 2.12 bits per heavy atom. The molecule has 0 aliphatic carbocycles. The monoisotopic (exact) mass is 222 g/mol. The van der Waals surface area contributed by atoms with E-state index in [1.54, 1.807) is 0 Å². The second-order valence-electron chi connectivity index (χ2n) is 5.21. The molecule has 16 heavy (non-hydrogen) atoms. The van der Waals surface area contributed by atoms with Crippen molar-refractivity contribution >= 4 is 0 Å². The standard InChI is InChI=1S/C14H26N2/c1-7-8-13-9-14(10-15(5)6)16(11(2)3)12(13)4/h8,11,14H,4,7,9-10H2,1-3,5-6H3/b13-8-. The van der Waals surface area contributed by atoms with Crippen molar-refractivity contribution in [3.8, 4) is 0 Å². The minimum Gasteiger partial charge on any atom is -0.365 e. The number of likely N-dealkylation sites (tertiary alicyclic amines) is 1. The Labute approximate surface area is 101 Å². The van der Waals surface area contributed by atoms with Crippen molar-refractivity contribution in [3.05, 3.63) is 23.9 Å². The highest BCUT2D eigenvalue weighted by Crippen LogP contribution is 2.33. The van der Waals surface area contributed by atoms with Crippen LogP contribution >= 0.6 is 0 Å². The Morgan fingerprint density at radius 3 is 2.56 bits per heavy atom. The normalized spacial score (nSPS) is 24.2. The van der Waals surface area contributed by atoms with Gasteiger partial charge in [-0.05, 0) is 46.4 Å². The fourth-order valence-electron chi connectivity index (χ4n) is 2.61. The smallest absolute Gasteiger partial charge is 0.0460 e. The van der Waals surface area contributed by atoms with Gasteiger partial charge in [-0.2, -0.15) is 0 Å². The van der Waals surface area contributed by atoms with Gasteiger partial charge in [-0.25, -0.2) is 0 Å². The van der Waals surface area contributed by atoms with Crippen molar-refractivity contribution < 1.29 is 0 Å². The van der Waals surface area contributed by atoms with Gasteiger partial charge in [0.25, 0.3) is 0 Å². The number of hydrogen-bond acceptors (Lipinski definition) is 2. The minimum absolute atomic E-state index is 0.542. The third-order valence-electron chi connectivity index (χ3n) is 3.11. The predicted octanol–water partition coefficient (Wildman–Crippen LogP) is 2.88. The highest BCUT2D eigenvalue weighted by molar-refractivity contribution is 5.34. The Hall–Kier alpha value is -0.760. The molecule has 0 aromatic heterocycles. The van der Waals surface area contributed by atoms with Gasteiger partial charge < -0.3 is 9.80 Å². The first-order valence-corrected chi connectivity index (χ1v) is 6.28. The molecule has 0 N–H and O–H groups in total. The lowest BCUT2D eigenvalue weighted by molar-refractivity contribution is 0.199. The summed E-state index contributed by atoms with van der Waals surface area (Å²) in [6.45, 7) is 12.1. The molecule has 92 valence electrons. The molecule has 1 fully saturated rings. The first-order chi connectivity index (χ1) is 7.47. The first kappa shape index (κ1) is 13.3. The van der Waals surface area contributed by atoms with Crippen LogP contribution in [0.5, 0.6) is 0 Å². The lowest BCUT2D eigenvalue weighted by Gasteiger charge is -2.32. The summed E-state index contributed by atoms with van der Waals surface area (Å²) in [7, 11) is 4.28. The summed E-state index contributed by atoms with van der Waals surface area (Å²) < 4.78 is 0. The molecule has 0 amide bonds. The SMILES string of the molecule is C=C1/C(=C\CC)CC(CN(C)C)N1C(C)C. The van der Waals surface area contributed by atoms with Gasteiger partial charge in [-0.3, -0.25) is 0 Å². The zero-order valence-corrected chi connectivity index (χ0v) is 11.5. The Balaban J connectivity index is 2.84. The quantitative estimate of drug-likeness (QED) is 0.721. The molecule has 1 saturated heterocycles. The third-order valence-corrected chi connectivity index (χ3v) is 3.11. The van der Waals surface area contributed by atoms with Crippen molar-refractivity contribution in [1.29, 1.82) is 0 Å². The van der Waals surface area contributed by atoms with Crippen molar-refractivity contribution in [2.75, 3.05) is 20.6 Å². The summed E-state index contributed by atoms with van der Waals surface area (Å²) in [5.74, 6) is 0. The number of likely N-dealkylation sites (N-methyl/N-ethyl adjacent to an activating group) is 1. The molecule has 2 nitrogen and oxygen atoms in total. The molecule has 1 aliphatic rings. The molecule has 1 heterocycles. The van der Waals surface area contributed by atoms with Gasteiger partial charge >= 0.3 is 0 Å². The molecule has 1 aliphatic heterocycles. The van der Waals surface area contributed by atoms with Crippen molar-refractivity contribution in [2.45, 2.75) is 45.7 Å². The van der Waals surface area contributed by atoms with Crippen LogP contribution in [0.1, 0.15) is 33.6 Å². The Bertz CT molecular complexity index is 276. The number of allylic oxidation sites excluding steroid dienone is 2. The van der Waals surface area contributed by atoms with E-state index in [-0.39, 0.29) is 0 Å². The van der Waals surface area contributed by atoms with E-state index in [1.165, 1.54) is 11.3 Å². The van der Waals surface area contributed by atoms with Crippen LogP contribution in [0.15, 0.2) is 23.9 Å². The molecule has 1 atom stereocenters. The average molecular weight is 222 g/mol. The molecule has 0 radical (unpaired) electrons. The zero-order valence-electron chi connectivity index (χ0n) is 11.5. The second-order valence-corrected chi connectivity index (χ2v) is 5.21. The predicted molar refractivity (Wildman–Crippen MR) is 71.4 cm³/mol. The van der Waals surface area contributed by atoms with Crippen LogP contribution in [0.2, 0.25) is 0 Å². The summed E-state index contributed by atoms with van der Waals surface area (Å²) in [4.78, 5) is 4.74. The molecule has 0 aromatic carbocycles. The van der Waals surface area contributed by atoms with Crippen molar-refractivity contribution in [2.24, 2.45) is 0 Å². The molecule has 1 rings (SSSR count). The maximum absolute atomic E-state index is 4.25. The van der Waals surface area contributed by atoms with E-state index in [0.29, 0.717) is 12.1 Å². The van der Waals surface area contributed by atoms with E-state index < -0.39 is 0 Å². The highest BCUT2D eigenvalue weighted by atomic mass is 15.2. The van der Waals surface area contributed by atoms with Crippen LogP contribution in [0.4, 0.5) is 0 Å². The number of nitrogens with zero attached hydrogens (tertiary/aromatic N) is 2. The molecule has 1 unspecified atom stereocenters. The maximum atomic E-state index is 4.25. The molecular formula is C14H26N2. The van der Waals surface area contributed by atoms with Gasteiger partial charge in [0, 0.05) is 24.3 Å². The number of hydrogen-bond donors (Lipinski definition) is 0. The largest absolute Gasteiger partial charge is 0.365 e. The minimum atomic E-state index is 0.542. The molecule has 0 spiro atoms. The fourth-order valence-corrected chi connectivity index (χ4v) is 2.61. The van der Waals surface area contributed by atoms with Gasteiger partial charge in [0.2, 0.25) is 0 Å². The van der Waals surface area contributed by atoms with Gasteiger partial charge in [-0.15, -0.1) is 0 Å². The van der Waals surface area contributed by atoms with E-state index in [0.717, 1.165) is 19.4 Å². The van der Waals surface area contributed by atoms with E-state index >= 15 is 0 Å². The van der Waals surface area contributed by atoms with Crippen LogP contribution < -0.4 is 0 Å². The molecule has 0 saturated carbocycles. The van der Waals surface area contributed by atoms with Gasteiger partial charge in [0.05, 0.1) is 0 Å². The third kappa shape index (κ3) is 2.88. The van der Waals surface area contributed by atoms with Crippen LogP contribution in [0.3, 0.4) is 0 Å². The lowest BCUT2D eigenvalue weighted by atomic mass is 10.1. The summed E-state index contributed by atoms with van der Waals surface area (Å²) in [6, 6.07) is 1.14. The summed E-state index contributed by atoms with van der Waals surface area (Å²) in [6.07, 6.45) is 4.59. The van der Waals surface area contributed by atoms with Gasteiger partial charge in [0.15, 0.2) is 0 Å². The summed E-state index contributed by atoms with van der Waals surface area (Å²) in [5.41, 5.74) is 2.69. The van der Waals surface area contributed by atoms with E-state index in [4.69, 9.17) is 0 Å². The summed E-state index contributed by atoms with van der Waals surface area (Å²) >= 11 is 0. The average Bonchev–Trinajstić information content (AvgIpc) is 2.42.